The van der Waals surface area contributed by atoms with Gasteiger partial charge in [0.05, 0.1) is 0 Å². The highest BCUT2D eigenvalue weighted by Gasteiger charge is 2.05. The number of amides is 1. The lowest BCUT2D eigenvalue weighted by Crippen LogP contribution is -2.05. The molecule has 20 heavy (non-hydrogen) atoms. The Labute approximate surface area is 114 Å². The minimum absolute atomic E-state index is 0.0967. The summed E-state index contributed by atoms with van der Waals surface area (Å²) >= 11 is 0. The summed E-state index contributed by atoms with van der Waals surface area (Å²) in [5, 5.41) is 13.7. The standard InChI is InChI=1S/C13H12N6O/c1-9(20)16-10-2-4-11(5-3-10)17-12-13-18-15-8-19(13)7-6-14-12/h2-8H,1H3,(H,14,17)(H,16,20). The number of carbonyl (C=O) groups is 1. The number of benzene rings is 1. The van der Waals surface area contributed by atoms with Gasteiger partial charge in [0.15, 0.2) is 5.82 Å². The van der Waals surface area contributed by atoms with Gasteiger partial charge < -0.3 is 10.6 Å². The third kappa shape index (κ3) is 2.41. The molecule has 0 unspecified atom stereocenters. The van der Waals surface area contributed by atoms with Crippen LogP contribution in [0.3, 0.4) is 0 Å². The zero-order valence-corrected chi connectivity index (χ0v) is 10.7. The third-order valence-corrected chi connectivity index (χ3v) is 2.68. The van der Waals surface area contributed by atoms with Gasteiger partial charge in [-0.25, -0.2) is 4.98 Å². The molecule has 2 aromatic heterocycles. The highest BCUT2D eigenvalue weighted by molar-refractivity contribution is 5.88. The van der Waals surface area contributed by atoms with Gasteiger partial charge in [-0.15, -0.1) is 10.2 Å². The number of carbonyl (C=O) groups excluding carboxylic acids is 1. The van der Waals surface area contributed by atoms with Crippen molar-refractivity contribution in [2.45, 2.75) is 6.92 Å². The Hall–Kier alpha value is -2.96. The van der Waals surface area contributed by atoms with Gasteiger partial charge in [0.2, 0.25) is 11.6 Å². The molecule has 0 saturated carbocycles. The largest absolute Gasteiger partial charge is 0.337 e. The van der Waals surface area contributed by atoms with E-state index in [-0.39, 0.29) is 5.91 Å². The highest BCUT2D eigenvalue weighted by Crippen LogP contribution is 2.19. The van der Waals surface area contributed by atoms with Gasteiger partial charge in [-0.3, -0.25) is 9.20 Å². The predicted molar refractivity (Wildman–Crippen MR) is 74.8 cm³/mol. The maximum Gasteiger partial charge on any atom is 0.221 e. The van der Waals surface area contributed by atoms with Crippen LogP contribution in [0.5, 0.6) is 0 Å². The SMILES string of the molecule is CC(=O)Nc1ccc(Nc2nccn3cnnc23)cc1. The zero-order chi connectivity index (χ0) is 13.9. The molecule has 0 radical (unpaired) electrons. The predicted octanol–water partition coefficient (Wildman–Crippen LogP) is 1.83. The molecule has 0 aliphatic heterocycles. The molecule has 7 heteroatoms. The number of aromatic nitrogens is 4. The van der Waals surface area contributed by atoms with Crippen LogP contribution in [0.1, 0.15) is 6.92 Å². The van der Waals surface area contributed by atoms with E-state index in [0.29, 0.717) is 11.5 Å². The highest BCUT2D eigenvalue weighted by atomic mass is 16.1. The molecule has 100 valence electrons. The number of rotatable bonds is 3. The van der Waals surface area contributed by atoms with Crippen molar-refractivity contribution in [2.24, 2.45) is 0 Å². The molecular weight excluding hydrogens is 256 g/mol. The van der Waals surface area contributed by atoms with Crippen molar-refractivity contribution in [3.8, 4) is 0 Å². The van der Waals surface area contributed by atoms with Crippen LogP contribution >= 0.6 is 0 Å². The Bertz CT molecular complexity index is 749. The molecule has 0 atom stereocenters. The van der Waals surface area contributed by atoms with Crippen LogP contribution < -0.4 is 10.6 Å². The summed E-state index contributed by atoms with van der Waals surface area (Å²) in [5.74, 6) is 0.526. The molecule has 1 aromatic carbocycles. The van der Waals surface area contributed by atoms with Gasteiger partial charge in [-0.2, -0.15) is 0 Å². The summed E-state index contributed by atoms with van der Waals surface area (Å²) in [6.07, 6.45) is 5.06. The summed E-state index contributed by atoms with van der Waals surface area (Å²) in [6, 6.07) is 7.33. The van der Waals surface area contributed by atoms with E-state index in [0.717, 1.165) is 11.4 Å². The van der Waals surface area contributed by atoms with E-state index < -0.39 is 0 Å². The van der Waals surface area contributed by atoms with Crippen molar-refractivity contribution in [3.05, 3.63) is 43.0 Å². The van der Waals surface area contributed by atoms with Gasteiger partial charge in [0.25, 0.3) is 0 Å². The first kappa shape index (κ1) is 12.1. The van der Waals surface area contributed by atoms with Crippen molar-refractivity contribution >= 4 is 28.7 Å². The van der Waals surface area contributed by atoms with Crippen LogP contribution in [0.4, 0.5) is 17.2 Å². The lowest BCUT2D eigenvalue weighted by Gasteiger charge is -2.07. The van der Waals surface area contributed by atoms with Crippen molar-refractivity contribution in [3.63, 3.8) is 0 Å². The average molecular weight is 268 g/mol. The summed E-state index contributed by atoms with van der Waals surface area (Å²) in [5.41, 5.74) is 2.25. The lowest BCUT2D eigenvalue weighted by atomic mass is 10.2. The van der Waals surface area contributed by atoms with Crippen molar-refractivity contribution < 1.29 is 4.79 Å². The molecule has 3 rings (SSSR count). The van der Waals surface area contributed by atoms with E-state index in [9.17, 15) is 4.79 Å². The first-order valence-corrected chi connectivity index (χ1v) is 6.01. The number of hydrogen-bond acceptors (Lipinski definition) is 5. The summed E-state index contributed by atoms with van der Waals surface area (Å²) in [6.45, 7) is 1.47. The quantitative estimate of drug-likeness (QED) is 0.757. The number of fused-ring (bicyclic) bond motifs is 1. The summed E-state index contributed by atoms with van der Waals surface area (Å²) < 4.78 is 1.78. The van der Waals surface area contributed by atoms with Crippen LogP contribution in [0, 0.1) is 0 Å². The molecule has 0 fully saturated rings. The molecule has 0 aliphatic carbocycles. The Morgan fingerprint density at radius 3 is 2.70 bits per heavy atom. The lowest BCUT2D eigenvalue weighted by molar-refractivity contribution is -0.114. The van der Waals surface area contributed by atoms with E-state index in [1.165, 1.54) is 6.92 Å². The fraction of sp³-hybridized carbons (Fsp3) is 0.0769. The molecule has 1 amide bonds. The van der Waals surface area contributed by atoms with Crippen molar-refractivity contribution in [1.29, 1.82) is 0 Å². The first-order valence-electron chi connectivity index (χ1n) is 6.01. The van der Waals surface area contributed by atoms with E-state index >= 15 is 0 Å². The fourth-order valence-corrected chi connectivity index (χ4v) is 1.82. The third-order valence-electron chi connectivity index (χ3n) is 2.68. The van der Waals surface area contributed by atoms with Crippen LogP contribution in [0.2, 0.25) is 0 Å². The van der Waals surface area contributed by atoms with Crippen LogP contribution in [-0.2, 0) is 4.79 Å². The maximum atomic E-state index is 11.0. The van der Waals surface area contributed by atoms with Gasteiger partial charge in [-0.05, 0) is 24.3 Å². The number of hydrogen-bond donors (Lipinski definition) is 2. The second kappa shape index (κ2) is 4.96. The van der Waals surface area contributed by atoms with Gasteiger partial charge in [0.1, 0.15) is 6.33 Å². The van der Waals surface area contributed by atoms with Gasteiger partial charge in [0, 0.05) is 30.7 Å². The van der Waals surface area contributed by atoms with Crippen LogP contribution in [0.15, 0.2) is 43.0 Å². The molecular formula is C13H12N6O. The van der Waals surface area contributed by atoms with E-state index in [1.54, 1.807) is 23.1 Å². The number of anilines is 3. The maximum absolute atomic E-state index is 11.0. The van der Waals surface area contributed by atoms with E-state index in [4.69, 9.17) is 0 Å². The number of nitrogens with zero attached hydrogens (tertiary/aromatic N) is 4. The molecule has 0 aliphatic rings. The Morgan fingerprint density at radius 1 is 1.20 bits per heavy atom. The van der Waals surface area contributed by atoms with Crippen molar-refractivity contribution in [1.82, 2.24) is 19.6 Å². The summed E-state index contributed by atoms with van der Waals surface area (Å²) in [7, 11) is 0. The molecule has 0 bridgehead atoms. The monoisotopic (exact) mass is 268 g/mol. The molecule has 0 spiro atoms. The van der Waals surface area contributed by atoms with Crippen molar-refractivity contribution in [2.75, 3.05) is 10.6 Å². The summed E-state index contributed by atoms with van der Waals surface area (Å²) in [4.78, 5) is 15.2. The van der Waals surface area contributed by atoms with E-state index in [2.05, 4.69) is 25.8 Å². The van der Waals surface area contributed by atoms with Gasteiger partial charge >= 0.3 is 0 Å². The Morgan fingerprint density at radius 2 is 1.95 bits per heavy atom. The minimum Gasteiger partial charge on any atom is -0.337 e. The average Bonchev–Trinajstić information content (AvgIpc) is 2.90. The molecule has 7 nitrogen and oxygen atoms in total. The zero-order valence-electron chi connectivity index (χ0n) is 10.7. The van der Waals surface area contributed by atoms with Crippen LogP contribution in [-0.4, -0.2) is 25.5 Å². The molecule has 3 aromatic rings. The topological polar surface area (TPSA) is 84.2 Å². The second-order valence-corrected chi connectivity index (χ2v) is 4.22. The van der Waals surface area contributed by atoms with Crippen LogP contribution in [0.25, 0.3) is 5.65 Å². The van der Waals surface area contributed by atoms with E-state index in [1.807, 2.05) is 24.3 Å². The normalized spacial score (nSPS) is 10.4. The fourth-order valence-electron chi connectivity index (χ4n) is 1.82. The first-order chi connectivity index (χ1) is 9.72. The smallest absolute Gasteiger partial charge is 0.221 e. The minimum atomic E-state index is -0.0967. The molecule has 0 saturated heterocycles. The molecule has 2 heterocycles. The Kier molecular flexibility index (Phi) is 3.00. The Balaban J connectivity index is 1.84. The molecule has 2 N–H and O–H groups in total. The van der Waals surface area contributed by atoms with Gasteiger partial charge in [-0.1, -0.05) is 0 Å². The number of nitrogens with one attached hydrogen (secondary N) is 2. The second-order valence-electron chi connectivity index (χ2n) is 4.22.